The number of hydrogen-bond acceptors (Lipinski definition) is 3. The predicted octanol–water partition coefficient (Wildman–Crippen LogP) is 4.33. The van der Waals surface area contributed by atoms with Gasteiger partial charge in [-0.05, 0) is 56.5 Å². The van der Waals surface area contributed by atoms with Crippen molar-refractivity contribution in [3.05, 3.63) is 71.7 Å². The lowest BCUT2D eigenvalue weighted by molar-refractivity contribution is -0.132. The number of fused-ring (bicyclic) bond motifs is 1. The number of nitrogens with zero attached hydrogens (tertiary/aromatic N) is 2. The normalized spacial score (nSPS) is 11.5. The standard InChI is InChI=1S/C27H35FN4O3/c1-27(2,3)30-26(34)32(15-16-35-4)19-25(33)31(18-20-9-11-22(28)12-10-20)14-13-21-17-29-24-8-6-5-7-23(21)24/h5-12,17,29H,13-16,18-19H2,1-4H3,(H,30,34). The van der Waals surface area contributed by atoms with E-state index in [2.05, 4.69) is 16.4 Å². The molecule has 0 unspecified atom stereocenters. The minimum atomic E-state index is -0.436. The highest BCUT2D eigenvalue weighted by Gasteiger charge is 2.24. The van der Waals surface area contributed by atoms with E-state index in [1.54, 1.807) is 24.1 Å². The Kier molecular flexibility index (Phi) is 8.87. The molecule has 0 aliphatic carbocycles. The highest BCUT2D eigenvalue weighted by molar-refractivity contribution is 5.85. The number of H-pyrrole nitrogens is 1. The number of aromatic nitrogens is 1. The molecule has 0 aliphatic rings. The molecular weight excluding hydrogens is 447 g/mol. The van der Waals surface area contributed by atoms with Crippen LogP contribution in [0.2, 0.25) is 0 Å². The molecule has 1 heterocycles. The number of carbonyl (C=O) groups excluding carboxylic acids is 2. The van der Waals surface area contributed by atoms with Gasteiger partial charge in [-0.25, -0.2) is 9.18 Å². The summed E-state index contributed by atoms with van der Waals surface area (Å²) < 4.78 is 18.6. The fourth-order valence-corrected chi connectivity index (χ4v) is 3.81. The summed E-state index contributed by atoms with van der Waals surface area (Å²) in [7, 11) is 1.56. The van der Waals surface area contributed by atoms with Gasteiger partial charge in [0.1, 0.15) is 12.4 Å². The van der Waals surface area contributed by atoms with E-state index in [1.807, 2.05) is 45.2 Å². The molecule has 0 radical (unpaired) electrons. The number of aromatic amines is 1. The predicted molar refractivity (Wildman–Crippen MR) is 136 cm³/mol. The Morgan fingerprint density at radius 2 is 1.74 bits per heavy atom. The van der Waals surface area contributed by atoms with Crippen LogP contribution in [0.5, 0.6) is 0 Å². The third kappa shape index (κ3) is 7.82. The van der Waals surface area contributed by atoms with Crippen molar-refractivity contribution in [3.63, 3.8) is 0 Å². The summed E-state index contributed by atoms with van der Waals surface area (Å²) in [6.45, 7) is 6.98. The number of methoxy groups -OCH3 is 1. The Morgan fingerprint density at radius 3 is 2.43 bits per heavy atom. The fourth-order valence-electron chi connectivity index (χ4n) is 3.81. The van der Waals surface area contributed by atoms with Gasteiger partial charge in [-0.1, -0.05) is 30.3 Å². The molecule has 3 rings (SSSR count). The van der Waals surface area contributed by atoms with E-state index < -0.39 is 5.54 Å². The average molecular weight is 483 g/mol. The molecule has 3 aromatic rings. The second kappa shape index (κ2) is 11.8. The first kappa shape index (κ1) is 26.2. The third-order valence-corrected chi connectivity index (χ3v) is 5.63. The van der Waals surface area contributed by atoms with Crippen molar-refractivity contribution in [2.45, 2.75) is 39.3 Å². The minimum Gasteiger partial charge on any atom is -0.383 e. The van der Waals surface area contributed by atoms with Crippen LogP contribution in [-0.2, 0) is 22.5 Å². The number of hydrogen-bond donors (Lipinski definition) is 2. The molecule has 8 heteroatoms. The van der Waals surface area contributed by atoms with E-state index in [4.69, 9.17) is 4.74 Å². The summed E-state index contributed by atoms with van der Waals surface area (Å²) in [5.74, 6) is -0.510. The summed E-state index contributed by atoms with van der Waals surface area (Å²) >= 11 is 0. The summed E-state index contributed by atoms with van der Waals surface area (Å²) in [5.41, 5.74) is 2.54. The lowest BCUT2D eigenvalue weighted by Gasteiger charge is -2.30. The average Bonchev–Trinajstić information content (AvgIpc) is 3.22. The topological polar surface area (TPSA) is 77.7 Å². The van der Waals surface area contributed by atoms with E-state index >= 15 is 0 Å². The Hall–Kier alpha value is -3.39. The molecule has 0 fully saturated rings. The number of para-hydroxylation sites is 1. The molecule has 0 saturated heterocycles. The van der Waals surface area contributed by atoms with Crippen molar-refractivity contribution in [2.75, 3.05) is 33.4 Å². The van der Waals surface area contributed by atoms with Crippen molar-refractivity contribution in [1.29, 1.82) is 0 Å². The first-order valence-corrected chi connectivity index (χ1v) is 11.8. The number of halogens is 1. The largest absolute Gasteiger partial charge is 0.383 e. The Labute approximate surface area is 206 Å². The van der Waals surface area contributed by atoms with Crippen LogP contribution in [0, 0.1) is 5.82 Å². The van der Waals surface area contributed by atoms with Crippen molar-refractivity contribution < 1.29 is 18.7 Å². The van der Waals surface area contributed by atoms with E-state index in [-0.39, 0.29) is 30.8 Å². The summed E-state index contributed by atoms with van der Waals surface area (Å²) in [6.07, 6.45) is 2.61. The second-order valence-corrected chi connectivity index (χ2v) is 9.65. The monoisotopic (exact) mass is 482 g/mol. The first-order valence-electron chi connectivity index (χ1n) is 11.8. The molecule has 0 aliphatic heterocycles. The summed E-state index contributed by atoms with van der Waals surface area (Å²) in [6, 6.07) is 13.8. The lowest BCUT2D eigenvalue weighted by Crippen LogP contribution is -2.52. The van der Waals surface area contributed by atoms with Crippen LogP contribution >= 0.6 is 0 Å². The van der Waals surface area contributed by atoms with Gasteiger partial charge in [0.25, 0.3) is 0 Å². The second-order valence-electron chi connectivity index (χ2n) is 9.65. The molecule has 2 aromatic carbocycles. The van der Waals surface area contributed by atoms with Crippen molar-refractivity contribution in [1.82, 2.24) is 20.1 Å². The maximum atomic E-state index is 13.5. The van der Waals surface area contributed by atoms with Gasteiger partial charge in [0, 0.05) is 49.4 Å². The smallest absolute Gasteiger partial charge is 0.318 e. The maximum absolute atomic E-state index is 13.5. The molecule has 2 N–H and O–H groups in total. The molecule has 0 bridgehead atoms. The molecule has 3 amide bonds. The number of amides is 3. The number of benzene rings is 2. The van der Waals surface area contributed by atoms with Gasteiger partial charge in [-0.15, -0.1) is 0 Å². The highest BCUT2D eigenvalue weighted by Crippen LogP contribution is 2.19. The molecular formula is C27H35FN4O3. The highest BCUT2D eigenvalue weighted by atomic mass is 19.1. The quantitative estimate of drug-likeness (QED) is 0.451. The Bertz CT molecular complexity index is 1120. The molecule has 188 valence electrons. The summed E-state index contributed by atoms with van der Waals surface area (Å²) in [4.78, 5) is 32.8. The van der Waals surface area contributed by atoms with Gasteiger partial charge in [0.15, 0.2) is 0 Å². The number of urea groups is 1. The molecule has 0 saturated carbocycles. The number of nitrogens with one attached hydrogen (secondary N) is 2. The van der Waals surface area contributed by atoms with Crippen LogP contribution in [0.25, 0.3) is 10.9 Å². The van der Waals surface area contributed by atoms with E-state index in [9.17, 15) is 14.0 Å². The van der Waals surface area contributed by atoms with E-state index in [1.165, 1.54) is 17.0 Å². The number of carbonyl (C=O) groups is 2. The lowest BCUT2D eigenvalue weighted by atomic mass is 10.1. The van der Waals surface area contributed by atoms with E-state index in [0.717, 1.165) is 22.0 Å². The van der Waals surface area contributed by atoms with Crippen LogP contribution < -0.4 is 5.32 Å². The van der Waals surface area contributed by atoms with Gasteiger partial charge in [0.2, 0.25) is 5.91 Å². The molecule has 1 aromatic heterocycles. The van der Waals surface area contributed by atoms with Crippen molar-refractivity contribution in [2.24, 2.45) is 0 Å². The van der Waals surface area contributed by atoms with Crippen LogP contribution in [-0.4, -0.2) is 65.6 Å². The summed E-state index contributed by atoms with van der Waals surface area (Å²) in [5, 5.41) is 4.04. The van der Waals surface area contributed by atoms with Crippen LogP contribution in [0.4, 0.5) is 9.18 Å². The Morgan fingerprint density at radius 1 is 1.03 bits per heavy atom. The molecule has 0 atom stereocenters. The number of rotatable bonds is 10. The Balaban J connectivity index is 1.77. The molecule has 0 spiro atoms. The SMILES string of the molecule is COCCN(CC(=O)N(CCc1c[nH]c2ccccc12)Cc1ccc(F)cc1)C(=O)NC(C)(C)C. The maximum Gasteiger partial charge on any atom is 0.318 e. The number of ether oxygens (including phenoxy) is 1. The fraction of sp³-hybridized carbons (Fsp3) is 0.407. The molecule has 35 heavy (non-hydrogen) atoms. The van der Waals surface area contributed by atoms with Crippen molar-refractivity contribution in [3.8, 4) is 0 Å². The zero-order valence-corrected chi connectivity index (χ0v) is 20.9. The van der Waals surface area contributed by atoms with Gasteiger partial charge in [-0.2, -0.15) is 0 Å². The van der Waals surface area contributed by atoms with Crippen LogP contribution in [0.3, 0.4) is 0 Å². The van der Waals surface area contributed by atoms with Gasteiger partial charge in [0.05, 0.1) is 6.61 Å². The molecule has 7 nitrogen and oxygen atoms in total. The van der Waals surface area contributed by atoms with Gasteiger partial charge < -0.3 is 24.8 Å². The zero-order chi connectivity index (χ0) is 25.4. The van der Waals surface area contributed by atoms with Crippen LogP contribution in [0.15, 0.2) is 54.7 Å². The van der Waals surface area contributed by atoms with Crippen molar-refractivity contribution >= 4 is 22.8 Å². The van der Waals surface area contributed by atoms with Gasteiger partial charge >= 0.3 is 6.03 Å². The zero-order valence-electron chi connectivity index (χ0n) is 20.9. The van der Waals surface area contributed by atoms with Crippen LogP contribution in [0.1, 0.15) is 31.9 Å². The van der Waals surface area contributed by atoms with Gasteiger partial charge in [-0.3, -0.25) is 4.79 Å². The first-order chi connectivity index (χ1) is 16.7. The van der Waals surface area contributed by atoms with E-state index in [0.29, 0.717) is 26.1 Å². The third-order valence-electron chi connectivity index (χ3n) is 5.63. The minimum absolute atomic E-state index is 0.0830.